The fourth-order valence-electron chi connectivity index (χ4n) is 2.23. The van der Waals surface area contributed by atoms with Crippen molar-refractivity contribution in [1.29, 1.82) is 0 Å². The lowest BCUT2D eigenvalue weighted by atomic mass is 9.97. The number of rotatable bonds is 6. The fourth-order valence-corrected chi connectivity index (χ4v) is 2.23. The molecule has 1 aliphatic rings. The topological polar surface area (TPSA) is 72.6 Å². The van der Waals surface area contributed by atoms with Crippen LogP contribution in [0.2, 0.25) is 0 Å². The minimum atomic E-state index is -0.647. The van der Waals surface area contributed by atoms with Crippen LogP contribution in [0.1, 0.15) is 39.5 Å². The van der Waals surface area contributed by atoms with Crippen molar-refractivity contribution < 1.29 is 14.3 Å². The van der Waals surface area contributed by atoms with Crippen LogP contribution < -0.4 is 5.73 Å². The molecule has 0 radical (unpaired) electrons. The molecule has 104 valence electrons. The molecule has 0 aromatic carbocycles. The van der Waals surface area contributed by atoms with Crippen molar-refractivity contribution in [2.24, 2.45) is 11.7 Å². The molecule has 0 spiro atoms. The van der Waals surface area contributed by atoms with E-state index in [-0.39, 0.29) is 11.8 Å². The van der Waals surface area contributed by atoms with Gasteiger partial charge in [-0.25, -0.2) is 0 Å². The predicted octanol–water partition coefficient (Wildman–Crippen LogP) is 0.916. The van der Waals surface area contributed by atoms with Crippen LogP contribution in [0.3, 0.4) is 0 Å². The molecule has 1 fully saturated rings. The zero-order chi connectivity index (χ0) is 13.5. The number of morpholine rings is 1. The molecule has 1 rings (SSSR count). The summed E-state index contributed by atoms with van der Waals surface area (Å²) in [6.07, 6.45) is 3.28. The van der Waals surface area contributed by atoms with Crippen LogP contribution in [0.5, 0.6) is 0 Å². The number of nitrogens with two attached hydrogens (primary N) is 1. The summed E-state index contributed by atoms with van der Waals surface area (Å²) in [5, 5.41) is 0. The minimum Gasteiger partial charge on any atom is -0.367 e. The van der Waals surface area contributed by atoms with Crippen LogP contribution in [-0.2, 0) is 14.3 Å². The number of unbranched alkanes of at least 4 members (excludes halogenated alkanes) is 1. The molecule has 0 bridgehead atoms. The molecule has 0 aromatic rings. The summed E-state index contributed by atoms with van der Waals surface area (Å²) in [5.74, 6) is -0.286. The lowest BCUT2D eigenvalue weighted by Crippen LogP contribution is -2.51. The van der Waals surface area contributed by atoms with Crippen LogP contribution in [0.4, 0.5) is 0 Å². The number of hydrogen-bond acceptors (Lipinski definition) is 3. The van der Waals surface area contributed by atoms with E-state index in [2.05, 4.69) is 6.92 Å². The van der Waals surface area contributed by atoms with E-state index in [1.54, 1.807) is 4.90 Å². The number of carbonyl (C=O) groups is 2. The van der Waals surface area contributed by atoms with Crippen molar-refractivity contribution in [1.82, 2.24) is 4.90 Å². The first kappa shape index (κ1) is 15.0. The zero-order valence-corrected chi connectivity index (χ0v) is 11.4. The number of hydrogen-bond donors (Lipinski definition) is 1. The zero-order valence-electron chi connectivity index (χ0n) is 11.4. The second-order valence-corrected chi connectivity index (χ2v) is 4.79. The Balaban J connectivity index is 2.55. The van der Waals surface area contributed by atoms with Crippen molar-refractivity contribution in [2.75, 3.05) is 19.7 Å². The molecule has 2 atom stereocenters. The maximum atomic E-state index is 12.3. The molecule has 0 aliphatic carbocycles. The van der Waals surface area contributed by atoms with Gasteiger partial charge in [0, 0.05) is 12.5 Å². The summed E-state index contributed by atoms with van der Waals surface area (Å²) in [5.41, 5.74) is 5.22. The summed E-state index contributed by atoms with van der Waals surface area (Å²) in [7, 11) is 0. The van der Waals surface area contributed by atoms with Gasteiger partial charge < -0.3 is 15.4 Å². The molecule has 0 aromatic heterocycles. The number of nitrogens with zero attached hydrogens (tertiary/aromatic N) is 1. The van der Waals surface area contributed by atoms with Gasteiger partial charge in [-0.1, -0.05) is 26.7 Å². The number of amides is 2. The molecule has 2 amide bonds. The van der Waals surface area contributed by atoms with Crippen LogP contribution in [0, 0.1) is 5.92 Å². The highest BCUT2D eigenvalue weighted by Gasteiger charge is 2.30. The molecule has 2 N–H and O–H groups in total. The van der Waals surface area contributed by atoms with E-state index >= 15 is 0 Å². The summed E-state index contributed by atoms with van der Waals surface area (Å²) < 4.78 is 5.25. The molecular formula is C13H24N2O3. The molecule has 0 saturated carbocycles. The van der Waals surface area contributed by atoms with Gasteiger partial charge in [-0.3, -0.25) is 9.59 Å². The molecule has 18 heavy (non-hydrogen) atoms. The van der Waals surface area contributed by atoms with Crippen LogP contribution in [0.15, 0.2) is 0 Å². The Kier molecular flexibility index (Phi) is 6.12. The van der Waals surface area contributed by atoms with Crippen molar-refractivity contribution in [3.05, 3.63) is 0 Å². The molecule has 5 heteroatoms. The number of primary amides is 1. The van der Waals surface area contributed by atoms with Gasteiger partial charge in [-0.05, 0) is 12.8 Å². The van der Waals surface area contributed by atoms with Gasteiger partial charge in [0.2, 0.25) is 11.8 Å². The van der Waals surface area contributed by atoms with Gasteiger partial charge in [-0.2, -0.15) is 0 Å². The quantitative estimate of drug-likeness (QED) is 0.768. The highest BCUT2D eigenvalue weighted by molar-refractivity contribution is 5.82. The normalized spacial score (nSPS) is 21.7. The van der Waals surface area contributed by atoms with Crippen molar-refractivity contribution >= 4 is 11.8 Å². The maximum Gasteiger partial charge on any atom is 0.248 e. The Labute approximate surface area is 109 Å². The summed E-state index contributed by atoms with van der Waals surface area (Å²) in [6, 6.07) is 0. The van der Waals surface area contributed by atoms with E-state index in [1.807, 2.05) is 6.92 Å². The predicted molar refractivity (Wildman–Crippen MR) is 68.8 cm³/mol. The second kappa shape index (κ2) is 7.36. The lowest BCUT2D eigenvalue weighted by Gasteiger charge is -2.33. The molecule has 2 unspecified atom stereocenters. The standard InChI is InChI=1S/C13H24N2O3/c1-3-5-6-10(4-2)13(17)15-7-8-18-11(9-15)12(14)16/h10-11H,3-9H2,1-2H3,(H2,14,16). The van der Waals surface area contributed by atoms with E-state index in [0.29, 0.717) is 19.7 Å². The van der Waals surface area contributed by atoms with Gasteiger partial charge in [-0.15, -0.1) is 0 Å². The van der Waals surface area contributed by atoms with Gasteiger partial charge in [0.25, 0.3) is 0 Å². The van der Waals surface area contributed by atoms with Crippen LogP contribution >= 0.6 is 0 Å². The van der Waals surface area contributed by atoms with Gasteiger partial charge >= 0.3 is 0 Å². The monoisotopic (exact) mass is 256 g/mol. The molecule has 1 aliphatic heterocycles. The summed E-state index contributed by atoms with van der Waals surface area (Å²) in [4.78, 5) is 25.1. The molecule has 1 saturated heterocycles. The van der Waals surface area contributed by atoms with E-state index < -0.39 is 12.0 Å². The van der Waals surface area contributed by atoms with E-state index in [9.17, 15) is 9.59 Å². The summed E-state index contributed by atoms with van der Waals surface area (Å²) >= 11 is 0. The third-order valence-electron chi connectivity index (χ3n) is 3.44. The average Bonchev–Trinajstić information content (AvgIpc) is 2.39. The highest BCUT2D eigenvalue weighted by Crippen LogP contribution is 2.17. The van der Waals surface area contributed by atoms with Crippen molar-refractivity contribution in [3.8, 4) is 0 Å². The van der Waals surface area contributed by atoms with Gasteiger partial charge in [0.05, 0.1) is 13.2 Å². The number of ether oxygens (including phenoxy) is 1. The van der Waals surface area contributed by atoms with Crippen LogP contribution in [0.25, 0.3) is 0 Å². The summed E-state index contributed by atoms with van der Waals surface area (Å²) in [6.45, 7) is 5.41. The Morgan fingerprint density at radius 1 is 1.44 bits per heavy atom. The highest BCUT2D eigenvalue weighted by atomic mass is 16.5. The van der Waals surface area contributed by atoms with Crippen LogP contribution in [-0.4, -0.2) is 42.5 Å². The third kappa shape index (κ3) is 3.98. The Morgan fingerprint density at radius 3 is 2.72 bits per heavy atom. The van der Waals surface area contributed by atoms with E-state index in [4.69, 9.17) is 10.5 Å². The molecule has 1 heterocycles. The minimum absolute atomic E-state index is 0.0663. The maximum absolute atomic E-state index is 12.3. The second-order valence-electron chi connectivity index (χ2n) is 4.79. The Morgan fingerprint density at radius 2 is 2.17 bits per heavy atom. The average molecular weight is 256 g/mol. The van der Waals surface area contributed by atoms with Gasteiger partial charge in [0.15, 0.2) is 6.10 Å². The fraction of sp³-hybridized carbons (Fsp3) is 0.846. The van der Waals surface area contributed by atoms with E-state index in [0.717, 1.165) is 25.7 Å². The Bertz CT molecular complexity index is 294. The first-order chi connectivity index (χ1) is 8.60. The first-order valence-corrected chi connectivity index (χ1v) is 6.79. The van der Waals surface area contributed by atoms with E-state index in [1.165, 1.54) is 0 Å². The SMILES string of the molecule is CCCCC(CC)C(=O)N1CCOC(C(N)=O)C1. The first-order valence-electron chi connectivity index (χ1n) is 6.79. The third-order valence-corrected chi connectivity index (χ3v) is 3.44. The van der Waals surface area contributed by atoms with Crippen molar-refractivity contribution in [2.45, 2.75) is 45.6 Å². The largest absolute Gasteiger partial charge is 0.367 e. The van der Waals surface area contributed by atoms with Crippen molar-refractivity contribution in [3.63, 3.8) is 0 Å². The lowest BCUT2D eigenvalue weighted by molar-refractivity contribution is -0.148. The molecule has 5 nitrogen and oxygen atoms in total. The van der Waals surface area contributed by atoms with Gasteiger partial charge in [0.1, 0.15) is 0 Å². The Hall–Kier alpha value is -1.10. The molecular weight excluding hydrogens is 232 g/mol. The number of carbonyl (C=O) groups excluding carboxylic acids is 2. The smallest absolute Gasteiger partial charge is 0.248 e.